The molecule has 0 heterocycles. The first kappa shape index (κ1) is 15.8. The van der Waals surface area contributed by atoms with Crippen LogP contribution in [0, 0.1) is 0 Å². The summed E-state index contributed by atoms with van der Waals surface area (Å²) in [6, 6.07) is 16.9. The van der Waals surface area contributed by atoms with Gasteiger partial charge in [0.25, 0.3) is 0 Å². The number of para-hydroxylation sites is 1. The van der Waals surface area contributed by atoms with Gasteiger partial charge in [0.15, 0.2) is 0 Å². The quantitative estimate of drug-likeness (QED) is 0.685. The van der Waals surface area contributed by atoms with E-state index < -0.39 is 0 Å². The van der Waals surface area contributed by atoms with Crippen LogP contribution in [0.3, 0.4) is 0 Å². The molecule has 3 aromatic rings. The van der Waals surface area contributed by atoms with E-state index in [0.717, 1.165) is 16.5 Å². The van der Waals surface area contributed by atoms with E-state index in [0.29, 0.717) is 17.1 Å². The van der Waals surface area contributed by atoms with E-state index in [1.165, 1.54) is 0 Å². The number of phenols is 1. The summed E-state index contributed by atoms with van der Waals surface area (Å²) in [4.78, 5) is 1.99. The number of hydrogen-bond acceptors (Lipinski definition) is 5. The molecule has 0 radical (unpaired) electrons. The number of aromatic hydroxyl groups is 1. The Morgan fingerprint density at radius 2 is 1.71 bits per heavy atom. The summed E-state index contributed by atoms with van der Waals surface area (Å²) in [5, 5.41) is 20.8. The second-order valence-electron chi connectivity index (χ2n) is 5.57. The molecule has 24 heavy (non-hydrogen) atoms. The second-order valence-corrected chi connectivity index (χ2v) is 5.57. The molecule has 0 aliphatic carbocycles. The highest BCUT2D eigenvalue weighted by Crippen LogP contribution is 2.41. The number of fused-ring (bicyclic) bond motifs is 1. The third-order valence-electron chi connectivity index (χ3n) is 3.80. The molecule has 0 fully saturated rings. The molecule has 0 unspecified atom stereocenters. The molecule has 0 saturated heterocycles. The molecule has 3 rings (SSSR count). The first-order valence-corrected chi connectivity index (χ1v) is 7.58. The number of anilines is 1. The molecular weight excluding hydrogens is 302 g/mol. The number of benzene rings is 3. The van der Waals surface area contributed by atoms with Gasteiger partial charge in [0.05, 0.1) is 7.11 Å². The molecule has 0 aliphatic heterocycles. The smallest absolute Gasteiger partial charge is 0.146 e. The topological polar surface area (TPSA) is 57.4 Å². The summed E-state index contributed by atoms with van der Waals surface area (Å²) in [5.41, 5.74) is 2.03. The van der Waals surface area contributed by atoms with Crippen LogP contribution in [0.25, 0.3) is 10.8 Å². The molecule has 0 aromatic heterocycles. The van der Waals surface area contributed by atoms with E-state index in [9.17, 15) is 5.11 Å². The monoisotopic (exact) mass is 321 g/mol. The van der Waals surface area contributed by atoms with E-state index in [-0.39, 0.29) is 5.75 Å². The van der Waals surface area contributed by atoms with E-state index >= 15 is 0 Å². The molecule has 0 bridgehead atoms. The van der Waals surface area contributed by atoms with Gasteiger partial charge in [-0.05, 0) is 29.7 Å². The predicted octanol–water partition coefficient (Wildman–Crippen LogP) is 5.04. The van der Waals surface area contributed by atoms with Gasteiger partial charge in [-0.1, -0.05) is 30.3 Å². The lowest BCUT2D eigenvalue weighted by Gasteiger charge is -2.17. The summed E-state index contributed by atoms with van der Waals surface area (Å²) < 4.78 is 5.29. The van der Waals surface area contributed by atoms with Gasteiger partial charge < -0.3 is 14.7 Å². The van der Waals surface area contributed by atoms with Gasteiger partial charge in [0.2, 0.25) is 0 Å². The third kappa shape index (κ3) is 2.88. The second kappa shape index (κ2) is 6.58. The van der Waals surface area contributed by atoms with Gasteiger partial charge in [0.1, 0.15) is 22.9 Å². The van der Waals surface area contributed by atoms with E-state index in [1.54, 1.807) is 13.2 Å². The Hall–Kier alpha value is -3.08. The lowest BCUT2D eigenvalue weighted by Crippen LogP contribution is -2.08. The van der Waals surface area contributed by atoms with Crippen LogP contribution in [0.5, 0.6) is 11.5 Å². The minimum atomic E-state index is 0.0930. The Balaban J connectivity index is 2.18. The standard InChI is InChI=1S/C19H19N3O2/c1-22(2)15-9-6-7-13-11-12-16(23)19(18(13)15)21-20-14-8-4-5-10-17(14)24-3/h4-12,23H,1-3H3. The maximum Gasteiger partial charge on any atom is 0.146 e. The van der Waals surface area contributed by atoms with Crippen molar-refractivity contribution in [3.8, 4) is 11.5 Å². The van der Waals surface area contributed by atoms with Gasteiger partial charge in [-0.3, -0.25) is 0 Å². The average Bonchev–Trinajstić information content (AvgIpc) is 2.60. The molecule has 5 heteroatoms. The maximum absolute atomic E-state index is 10.3. The molecule has 5 nitrogen and oxygen atoms in total. The summed E-state index contributed by atoms with van der Waals surface area (Å²) in [7, 11) is 5.51. The number of phenolic OH excluding ortho intramolecular Hbond substituents is 1. The zero-order valence-electron chi connectivity index (χ0n) is 13.9. The van der Waals surface area contributed by atoms with Crippen molar-refractivity contribution >= 4 is 27.8 Å². The van der Waals surface area contributed by atoms with Gasteiger partial charge in [0, 0.05) is 25.2 Å². The normalized spacial score (nSPS) is 11.1. The van der Waals surface area contributed by atoms with E-state index in [4.69, 9.17) is 4.74 Å². The van der Waals surface area contributed by atoms with Crippen molar-refractivity contribution in [1.82, 2.24) is 0 Å². The zero-order chi connectivity index (χ0) is 17.1. The van der Waals surface area contributed by atoms with Gasteiger partial charge in [-0.15, -0.1) is 10.2 Å². The van der Waals surface area contributed by atoms with Crippen LogP contribution in [-0.4, -0.2) is 26.3 Å². The highest BCUT2D eigenvalue weighted by Gasteiger charge is 2.12. The van der Waals surface area contributed by atoms with Crippen molar-refractivity contribution in [2.75, 3.05) is 26.1 Å². The van der Waals surface area contributed by atoms with Crippen LogP contribution < -0.4 is 9.64 Å². The highest BCUT2D eigenvalue weighted by molar-refractivity contribution is 6.04. The largest absolute Gasteiger partial charge is 0.506 e. The fourth-order valence-electron chi connectivity index (χ4n) is 2.62. The fraction of sp³-hybridized carbons (Fsp3) is 0.158. The summed E-state index contributed by atoms with van der Waals surface area (Å²) in [5.74, 6) is 0.726. The average molecular weight is 321 g/mol. The molecule has 0 atom stereocenters. The Morgan fingerprint density at radius 3 is 2.46 bits per heavy atom. The number of hydrogen-bond donors (Lipinski definition) is 1. The fourth-order valence-corrected chi connectivity index (χ4v) is 2.62. The summed E-state index contributed by atoms with van der Waals surface area (Å²) >= 11 is 0. The third-order valence-corrected chi connectivity index (χ3v) is 3.80. The van der Waals surface area contributed by atoms with Gasteiger partial charge in [-0.2, -0.15) is 0 Å². The number of nitrogens with zero attached hydrogens (tertiary/aromatic N) is 3. The minimum Gasteiger partial charge on any atom is -0.506 e. The predicted molar refractivity (Wildman–Crippen MR) is 97.1 cm³/mol. The van der Waals surface area contributed by atoms with Crippen LogP contribution in [-0.2, 0) is 0 Å². The molecule has 0 aliphatic rings. The number of rotatable bonds is 4. The van der Waals surface area contributed by atoms with Crippen LogP contribution in [0.15, 0.2) is 64.8 Å². The first-order valence-electron chi connectivity index (χ1n) is 7.58. The van der Waals surface area contributed by atoms with Crippen molar-refractivity contribution in [3.63, 3.8) is 0 Å². The SMILES string of the molecule is COc1ccccc1N=Nc1c(O)ccc2cccc(N(C)C)c12. The minimum absolute atomic E-state index is 0.0930. The maximum atomic E-state index is 10.3. The molecule has 122 valence electrons. The van der Waals surface area contributed by atoms with Gasteiger partial charge >= 0.3 is 0 Å². The lowest BCUT2D eigenvalue weighted by atomic mass is 10.1. The van der Waals surface area contributed by atoms with Crippen LogP contribution in [0.1, 0.15) is 0 Å². The Kier molecular flexibility index (Phi) is 4.33. The van der Waals surface area contributed by atoms with Crippen molar-refractivity contribution < 1.29 is 9.84 Å². The number of azo groups is 1. The molecule has 1 N–H and O–H groups in total. The highest BCUT2D eigenvalue weighted by atomic mass is 16.5. The Labute approximate surface area is 140 Å². The molecular formula is C19H19N3O2. The van der Waals surface area contributed by atoms with Crippen molar-refractivity contribution in [2.24, 2.45) is 10.2 Å². The van der Waals surface area contributed by atoms with Crippen LogP contribution in [0.4, 0.5) is 17.1 Å². The molecule has 3 aromatic carbocycles. The number of methoxy groups -OCH3 is 1. The summed E-state index contributed by atoms with van der Waals surface area (Å²) in [6.07, 6.45) is 0. The van der Waals surface area contributed by atoms with Crippen molar-refractivity contribution in [3.05, 3.63) is 54.6 Å². The molecule has 0 saturated carbocycles. The first-order chi connectivity index (χ1) is 11.6. The lowest BCUT2D eigenvalue weighted by molar-refractivity contribution is 0.416. The Morgan fingerprint density at radius 1 is 0.917 bits per heavy atom. The van der Waals surface area contributed by atoms with Crippen LogP contribution >= 0.6 is 0 Å². The van der Waals surface area contributed by atoms with Crippen molar-refractivity contribution in [2.45, 2.75) is 0 Å². The van der Waals surface area contributed by atoms with E-state index in [1.807, 2.05) is 67.5 Å². The number of ether oxygens (including phenoxy) is 1. The molecule has 0 spiro atoms. The zero-order valence-corrected chi connectivity index (χ0v) is 13.9. The summed E-state index contributed by atoms with van der Waals surface area (Å²) in [6.45, 7) is 0. The van der Waals surface area contributed by atoms with Gasteiger partial charge in [-0.25, -0.2) is 0 Å². The Bertz CT molecular complexity index is 904. The van der Waals surface area contributed by atoms with E-state index in [2.05, 4.69) is 10.2 Å². The van der Waals surface area contributed by atoms with Crippen molar-refractivity contribution in [1.29, 1.82) is 0 Å². The van der Waals surface area contributed by atoms with Crippen LogP contribution in [0.2, 0.25) is 0 Å². The molecule has 0 amide bonds.